The standard InChI is InChI=1S/C22H22BrN3O3/c23-18-6-1-2-7-19(18)26-13-16(11-20(26)27)21(28)24-12-14-4-3-5-17(10-14)25-22(29)15-8-9-15/h1-7,10,15-16H,8-9,11-13H2,(H,24,28)(H,25,29). The molecule has 1 saturated heterocycles. The Balaban J connectivity index is 1.34. The Bertz CT molecular complexity index is 958. The highest BCUT2D eigenvalue weighted by molar-refractivity contribution is 9.10. The second-order valence-electron chi connectivity index (χ2n) is 7.54. The molecule has 150 valence electrons. The zero-order valence-corrected chi connectivity index (χ0v) is 17.4. The van der Waals surface area contributed by atoms with Crippen LogP contribution >= 0.6 is 15.9 Å². The first-order valence-corrected chi connectivity index (χ1v) is 10.5. The summed E-state index contributed by atoms with van der Waals surface area (Å²) in [7, 11) is 0. The molecule has 29 heavy (non-hydrogen) atoms. The maximum atomic E-state index is 12.6. The van der Waals surface area contributed by atoms with Crippen LogP contribution in [0.4, 0.5) is 11.4 Å². The van der Waals surface area contributed by atoms with E-state index in [1.54, 1.807) is 4.90 Å². The van der Waals surface area contributed by atoms with Crippen molar-refractivity contribution in [1.82, 2.24) is 5.32 Å². The van der Waals surface area contributed by atoms with Crippen molar-refractivity contribution in [2.75, 3.05) is 16.8 Å². The topological polar surface area (TPSA) is 78.5 Å². The van der Waals surface area contributed by atoms with Crippen molar-refractivity contribution in [1.29, 1.82) is 0 Å². The number of nitrogens with one attached hydrogen (secondary N) is 2. The molecule has 7 heteroatoms. The molecule has 1 saturated carbocycles. The van der Waals surface area contributed by atoms with Gasteiger partial charge >= 0.3 is 0 Å². The molecule has 1 aliphatic heterocycles. The van der Waals surface area contributed by atoms with Crippen LogP contribution in [0.25, 0.3) is 0 Å². The fourth-order valence-corrected chi connectivity index (χ4v) is 3.97. The second kappa shape index (κ2) is 8.37. The summed E-state index contributed by atoms with van der Waals surface area (Å²) in [5, 5.41) is 5.84. The lowest BCUT2D eigenvalue weighted by molar-refractivity contribution is -0.126. The average molecular weight is 456 g/mol. The number of hydrogen-bond acceptors (Lipinski definition) is 3. The van der Waals surface area contributed by atoms with Gasteiger partial charge in [0.25, 0.3) is 0 Å². The molecule has 1 aliphatic carbocycles. The maximum absolute atomic E-state index is 12.6. The van der Waals surface area contributed by atoms with E-state index in [0.29, 0.717) is 13.1 Å². The number of rotatable bonds is 6. The Morgan fingerprint density at radius 1 is 1.03 bits per heavy atom. The first-order valence-electron chi connectivity index (χ1n) is 9.73. The second-order valence-corrected chi connectivity index (χ2v) is 8.39. The maximum Gasteiger partial charge on any atom is 0.227 e. The van der Waals surface area contributed by atoms with Crippen molar-refractivity contribution in [2.45, 2.75) is 25.8 Å². The van der Waals surface area contributed by atoms with Crippen molar-refractivity contribution in [3.05, 3.63) is 58.6 Å². The van der Waals surface area contributed by atoms with Crippen LogP contribution in [0.1, 0.15) is 24.8 Å². The fourth-order valence-electron chi connectivity index (χ4n) is 3.47. The summed E-state index contributed by atoms with van der Waals surface area (Å²) in [6.07, 6.45) is 2.11. The summed E-state index contributed by atoms with van der Waals surface area (Å²) in [6, 6.07) is 15.0. The van der Waals surface area contributed by atoms with Gasteiger partial charge in [-0.1, -0.05) is 24.3 Å². The van der Waals surface area contributed by atoms with E-state index >= 15 is 0 Å². The number of halogens is 1. The highest BCUT2D eigenvalue weighted by atomic mass is 79.9. The quantitative estimate of drug-likeness (QED) is 0.699. The van der Waals surface area contributed by atoms with Crippen LogP contribution < -0.4 is 15.5 Å². The van der Waals surface area contributed by atoms with Crippen LogP contribution in [-0.2, 0) is 20.9 Å². The predicted molar refractivity (Wildman–Crippen MR) is 114 cm³/mol. The minimum atomic E-state index is -0.382. The summed E-state index contributed by atoms with van der Waals surface area (Å²) in [4.78, 5) is 38.6. The molecule has 2 fully saturated rings. The van der Waals surface area contributed by atoms with Gasteiger partial charge in [0.1, 0.15) is 0 Å². The first kappa shape index (κ1) is 19.6. The summed E-state index contributed by atoms with van der Waals surface area (Å²) in [5.74, 6) is -0.372. The zero-order chi connectivity index (χ0) is 20.4. The number of amides is 3. The van der Waals surface area contributed by atoms with Gasteiger partial charge in [-0.25, -0.2) is 0 Å². The van der Waals surface area contributed by atoms with Crippen molar-refractivity contribution in [2.24, 2.45) is 11.8 Å². The van der Waals surface area contributed by atoms with E-state index in [1.165, 1.54) is 0 Å². The molecule has 0 aromatic heterocycles. The lowest BCUT2D eigenvalue weighted by atomic mass is 10.1. The van der Waals surface area contributed by atoms with E-state index in [0.717, 1.165) is 34.3 Å². The fraction of sp³-hybridized carbons (Fsp3) is 0.318. The van der Waals surface area contributed by atoms with E-state index in [4.69, 9.17) is 0 Å². The smallest absolute Gasteiger partial charge is 0.227 e. The molecule has 2 aromatic carbocycles. The largest absolute Gasteiger partial charge is 0.352 e. The van der Waals surface area contributed by atoms with Gasteiger partial charge in [-0.2, -0.15) is 0 Å². The SMILES string of the molecule is O=C(NCc1cccc(NC(=O)C2CC2)c1)C1CC(=O)N(c2ccccc2Br)C1. The van der Waals surface area contributed by atoms with E-state index in [9.17, 15) is 14.4 Å². The molecule has 0 bridgehead atoms. The lowest BCUT2D eigenvalue weighted by Gasteiger charge is -2.18. The third-order valence-corrected chi connectivity index (χ3v) is 5.92. The Labute approximate surface area is 177 Å². The van der Waals surface area contributed by atoms with Crippen LogP contribution in [-0.4, -0.2) is 24.3 Å². The number of benzene rings is 2. The molecule has 6 nitrogen and oxygen atoms in total. The van der Waals surface area contributed by atoms with E-state index in [2.05, 4.69) is 26.6 Å². The number of carbonyl (C=O) groups excluding carboxylic acids is 3. The Morgan fingerprint density at radius 2 is 1.83 bits per heavy atom. The molecule has 2 aliphatic rings. The minimum absolute atomic E-state index is 0.0539. The highest BCUT2D eigenvalue weighted by Gasteiger charge is 2.35. The third kappa shape index (κ3) is 4.67. The normalized spacial score (nSPS) is 18.6. The van der Waals surface area contributed by atoms with E-state index in [-0.39, 0.29) is 36.0 Å². The van der Waals surface area contributed by atoms with Crippen LogP contribution in [0.15, 0.2) is 53.0 Å². The minimum Gasteiger partial charge on any atom is -0.352 e. The predicted octanol–water partition coefficient (Wildman–Crippen LogP) is 3.47. The molecule has 0 spiro atoms. The molecule has 2 N–H and O–H groups in total. The van der Waals surface area contributed by atoms with Crippen molar-refractivity contribution >= 4 is 45.0 Å². The van der Waals surface area contributed by atoms with Gasteiger partial charge < -0.3 is 15.5 Å². The van der Waals surface area contributed by atoms with Gasteiger partial charge in [0.2, 0.25) is 17.7 Å². The van der Waals surface area contributed by atoms with Crippen molar-refractivity contribution < 1.29 is 14.4 Å². The molecule has 4 rings (SSSR count). The van der Waals surface area contributed by atoms with Gasteiger partial charge in [-0.3, -0.25) is 14.4 Å². The van der Waals surface area contributed by atoms with Crippen LogP contribution in [0.2, 0.25) is 0 Å². The number of anilines is 2. The molecular formula is C22H22BrN3O3. The molecular weight excluding hydrogens is 434 g/mol. The van der Waals surface area contributed by atoms with Crippen molar-refractivity contribution in [3.8, 4) is 0 Å². The lowest BCUT2D eigenvalue weighted by Crippen LogP contribution is -2.32. The molecule has 1 heterocycles. The van der Waals surface area contributed by atoms with Gasteiger partial charge in [0.15, 0.2) is 0 Å². The van der Waals surface area contributed by atoms with E-state index < -0.39 is 0 Å². The summed E-state index contributed by atoms with van der Waals surface area (Å²) < 4.78 is 0.833. The van der Waals surface area contributed by atoms with Gasteiger partial charge in [0.05, 0.1) is 11.6 Å². The molecule has 3 amide bonds. The Morgan fingerprint density at radius 3 is 2.59 bits per heavy atom. The summed E-state index contributed by atoms with van der Waals surface area (Å²) >= 11 is 3.46. The van der Waals surface area contributed by atoms with Crippen molar-refractivity contribution in [3.63, 3.8) is 0 Å². The first-order chi connectivity index (χ1) is 14.0. The third-order valence-electron chi connectivity index (χ3n) is 5.25. The summed E-state index contributed by atoms with van der Waals surface area (Å²) in [6.45, 7) is 0.719. The average Bonchev–Trinajstić information content (AvgIpc) is 3.49. The van der Waals surface area contributed by atoms with Gasteiger partial charge in [0, 0.05) is 35.6 Å². The van der Waals surface area contributed by atoms with E-state index in [1.807, 2.05) is 48.5 Å². The molecule has 1 unspecified atom stereocenters. The van der Waals surface area contributed by atoms with Crippen LogP contribution in [0.3, 0.4) is 0 Å². The molecule has 0 radical (unpaired) electrons. The number of nitrogens with zero attached hydrogens (tertiary/aromatic N) is 1. The Kier molecular flexibility index (Phi) is 5.67. The zero-order valence-electron chi connectivity index (χ0n) is 15.9. The Hall–Kier alpha value is -2.67. The van der Waals surface area contributed by atoms with Gasteiger partial charge in [-0.05, 0) is 58.6 Å². The highest BCUT2D eigenvalue weighted by Crippen LogP contribution is 2.32. The monoisotopic (exact) mass is 455 g/mol. The summed E-state index contributed by atoms with van der Waals surface area (Å²) in [5.41, 5.74) is 2.43. The molecule has 1 atom stereocenters. The van der Waals surface area contributed by atoms with Gasteiger partial charge in [-0.15, -0.1) is 0 Å². The number of hydrogen-bond donors (Lipinski definition) is 2. The molecule has 2 aromatic rings. The van der Waals surface area contributed by atoms with Crippen LogP contribution in [0, 0.1) is 11.8 Å². The van der Waals surface area contributed by atoms with Crippen LogP contribution in [0.5, 0.6) is 0 Å². The number of para-hydroxylation sites is 1. The number of carbonyl (C=O) groups is 3.